The van der Waals surface area contributed by atoms with Gasteiger partial charge < -0.3 is 10.1 Å². The molecule has 0 saturated carbocycles. The summed E-state index contributed by atoms with van der Waals surface area (Å²) >= 11 is 8.49. The third-order valence-corrected chi connectivity index (χ3v) is 6.02. The van der Waals surface area contributed by atoms with Gasteiger partial charge in [-0.05, 0) is 46.3 Å². The number of carbonyl (C=O) groups excluding carboxylic acids is 1. The molecule has 1 saturated heterocycles. The molecule has 1 atom stereocenters. The van der Waals surface area contributed by atoms with Crippen molar-refractivity contribution in [3.05, 3.63) is 55.8 Å². The summed E-state index contributed by atoms with van der Waals surface area (Å²) < 4.78 is 7.22. The molecule has 2 heterocycles. The fourth-order valence-electron chi connectivity index (χ4n) is 2.86. The lowest BCUT2D eigenvalue weighted by Crippen LogP contribution is -2.31. The fourth-order valence-corrected chi connectivity index (χ4v) is 5.41. The zero-order valence-corrected chi connectivity index (χ0v) is 16.5. The van der Waals surface area contributed by atoms with E-state index in [0.717, 1.165) is 25.9 Å². The summed E-state index contributed by atoms with van der Waals surface area (Å²) in [6.45, 7) is 0. The molecule has 1 N–H and O–H groups in total. The summed E-state index contributed by atoms with van der Waals surface area (Å²) in [6, 6.07) is 11.7. The summed E-state index contributed by atoms with van der Waals surface area (Å²) in [5.74, 6) is 0.708. The summed E-state index contributed by atoms with van der Waals surface area (Å²) in [7, 11) is 1.62. The molecule has 24 heavy (non-hydrogen) atoms. The average Bonchev–Trinajstić information content (AvgIpc) is 3.04. The normalized spacial score (nSPS) is 20.1. The Hall–Kier alpha value is -1.44. The minimum atomic E-state index is -0.0947. The van der Waals surface area contributed by atoms with Gasteiger partial charge in [-0.2, -0.15) is 0 Å². The molecule has 4 rings (SSSR count). The van der Waals surface area contributed by atoms with Crippen molar-refractivity contribution in [2.45, 2.75) is 5.50 Å². The van der Waals surface area contributed by atoms with E-state index >= 15 is 0 Å². The number of halogens is 2. The Morgan fingerprint density at radius 2 is 2.08 bits per heavy atom. The van der Waals surface area contributed by atoms with Crippen LogP contribution in [0.2, 0.25) is 0 Å². The van der Waals surface area contributed by atoms with Gasteiger partial charge in [0.25, 0.3) is 5.91 Å². The largest absolute Gasteiger partial charge is 0.495 e. The second-order valence-electron chi connectivity index (χ2n) is 5.33. The van der Waals surface area contributed by atoms with Gasteiger partial charge in [-0.15, -0.1) is 0 Å². The number of amides is 1. The van der Waals surface area contributed by atoms with Gasteiger partial charge in [0.15, 0.2) is 5.50 Å². The highest BCUT2D eigenvalue weighted by Gasteiger charge is 2.42. The number of nitrogens with zero attached hydrogens (tertiary/aromatic N) is 1. The van der Waals surface area contributed by atoms with Gasteiger partial charge in [0.1, 0.15) is 5.75 Å². The average molecular weight is 468 g/mol. The first kappa shape index (κ1) is 16.1. The highest BCUT2D eigenvalue weighted by atomic mass is 79.9. The Kier molecular flexibility index (Phi) is 4.10. The predicted octanol–water partition coefficient (Wildman–Crippen LogP) is 5.05. The summed E-state index contributed by atoms with van der Waals surface area (Å²) in [4.78, 5) is 15.3. The minimum absolute atomic E-state index is 0.000557. The molecular weight excluding hydrogens is 456 g/mol. The van der Waals surface area contributed by atoms with E-state index in [0.29, 0.717) is 10.7 Å². The van der Waals surface area contributed by atoms with E-state index in [9.17, 15) is 4.79 Å². The van der Waals surface area contributed by atoms with E-state index < -0.39 is 0 Å². The summed E-state index contributed by atoms with van der Waals surface area (Å²) in [5, 5.41) is 3.37. The molecule has 1 amide bonds. The minimum Gasteiger partial charge on any atom is -0.495 e. The number of hydrogen-bond acceptors (Lipinski definition) is 4. The number of rotatable bonds is 2. The maximum Gasteiger partial charge on any atom is 0.267 e. The lowest BCUT2D eigenvalue weighted by Gasteiger charge is -2.13. The molecule has 2 aromatic carbocycles. The van der Waals surface area contributed by atoms with Gasteiger partial charge in [-0.25, -0.2) is 0 Å². The van der Waals surface area contributed by atoms with E-state index in [1.165, 1.54) is 11.8 Å². The summed E-state index contributed by atoms with van der Waals surface area (Å²) in [5.41, 5.74) is 2.67. The first-order valence-corrected chi connectivity index (χ1v) is 9.65. The number of para-hydroxylation sites is 2. The highest BCUT2D eigenvalue weighted by Crippen LogP contribution is 2.47. The molecule has 122 valence electrons. The van der Waals surface area contributed by atoms with Gasteiger partial charge in [0, 0.05) is 10.0 Å². The van der Waals surface area contributed by atoms with Crippen molar-refractivity contribution in [1.29, 1.82) is 0 Å². The van der Waals surface area contributed by atoms with Crippen LogP contribution in [0.15, 0.2) is 50.2 Å². The van der Waals surface area contributed by atoms with Crippen molar-refractivity contribution in [1.82, 2.24) is 0 Å². The van der Waals surface area contributed by atoms with Crippen LogP contribution < -0.4 is 15.0 Å². The standard InChI is InChI=1S/C17H12Br2N2O2S/c1-23-15-9(6-10(18)8-11(15)19)7-14-16(22)21-13-5-3-2-4-12(13)20-17(21)24-14/h2-8,17,20H,1H3. The third-order valence-electron chi connectivity index (χ3n) is 3.87. The lowest BCUT2D eigenvalue weighted by atomic mass is 10.2. The van der Waals surface area contributed by atoms with E-state index in [2.05, 4.69) is 37.2 Å². The third kappa shape index (κ3) is 2.55. The van der Waals surface area contributed by atoms with Crippen LogP contribution in [0.4, 0.5) is 11.4 Å². The van der Waals surface area contributed by atoms with Gasteiger partial charge in [0.2, 0.25) is 0 Å². The van der Waals surface area contributed by atoms with Gasteiger partial charge in [0.05, 0.1) is 27.9 Å². The van der Waals surface area contributed by atoms with Crippen LogP contribution in [0.25, 0.3) is 6.08 Å². The Bertz CT molecular complexity index is 885. The number of anilines is 2. The molecule has 0 aliphatic carbocycles. The van der Waals surface area contributed by atoms with Gasteiger partial charge >= 0.3 is 0 Å². The molecule has 7 heteroatoms. The Morgan fingerprint density at radius 1 is 1.29 bits per heavy atom. The maximum atomic E-state index is 12.9. The molecular formula is C17H12Br2N2O2S. The first-order valence-electron chi connectivity index (χ1n) is 7.19. The Morgan fingerprint density at radius 3 is 2.88 bits per heavy atom. The smallest absolute Gasteiger partial charge is 0.267 e. The van der Waals surface area contributed by atoms with Crippen LogP contribution in [-0.4, -0.2) is 18.5 Å². The number of methoxy groups -OCH3 is 1. The monoisotopic (exact) mass is 466 g/mol. The Labute approximate surface area is 160 Å². The van der Waals surface area contributed by atoms with Crippen LogP contribution in [-0.2, 0) is 4.79 Å². The van der Waals surface area contributed by atoms with Crippen LogP contribution in [0, 0.1) is 0 Å². The van der Waals surface area contributed by atoms with Crippen molar-refractivity contribution in [3.63, 3.8) is 0 Å². The molecule has 2 aromatic rings. The van der Waals surface area contributed by atoms with Crippen LogP contribution in [0.3, 0.4) is 0 Å². The summed E-state index contributed by atoms with van der Waals surface area (Å²) in [6.07, 6.45) is 1.88. The lowest BCUT2D eigenvalue weighted by molar-refractivity contribution is -0.114. The molecule has 2 aliphatic heterocycles. The number of carbonyl (C=O) groups is 1. The van der Waals surface area contributed by atoms with Gasteiger partial charge in [-0.1, -0.05) is 39.8 Å². The quantitative estimate of drug-likeness (QED) is 0.627. The zero-order valence-electron chi connectivity index (χ0n) is 12.5. The molecule has 0 spiro atoms. The van der Waals surface area contributed by atoms with Crippen molar-refractivity contribution in [2.24, 2.45) is 0 Å². The van der Waals surface area contributed by atoms with Crippen molar-refractivity contribution in [3.8, 4) is 5.75 Å². The first-order chi connectivity index (χ1) is 11.6. The van der Waals surface area contributed by atoms with Crippen LogP contribution in [0.5, 0.6) is 5.75 Å². The Balaban J connectivity index is 1.74. The number of ether oxygens (including phenoxy) is 1. The van der Waals surface area contributed by atoms with Crippen molar-refractivity contribution < 1.29 is 9.53 Å². The van der Waals surface area contributed by atoms with Gasteiger partial charge in [-0.3, -0.25) is 9.69 Å². The number of hydrogen-bond donors (Lipinski definition) is 1. The SMILES string of the molecule is COc1c(Br)cc(Br)cc1C=C1SC2Nc3ccccc3N2C1=O. The number of benzene rings is 2. The molecule has 1 fully saturated rings. The molecule has 0 aromatic heterocycles. The molecule has 0 bridgehead atoms. The fraction of sp³-hybridized carbons (Fsp3) is 0.118. The van der Waals surface area contributed by atoms with E-state index in [1.807, 2.05) is 42.5 Å². The van der Waals surface area contributed by atoms with Crippen molar-refractivity contribution in [2.75, 3.05) is 17.3 Å². The molecule has 2 aliphatic rings. The predicted molar refractivity (Wildman–Crippen MR) is 105 cm³/mol. The topological polar surface area (TPSA) is 41.6 Å². The van der Waals surface area contributed by atoms with Crippen LogP contribution in [0.1, 0.15) is 5.56 Å². The number of nitrogens with one attached hydrogen (secondary N) is 1. The van der Waals surface area contributed by atoms with Crippen LogP contribution >= 0.6 is 43.6 Å². The van der Waals surface area contributed by atoms with E-state index in [-0.39, 0.29) is 11.4 Å². The zero-order chi connectivity index (χ0) is 16.8. The second-order valence-corrected chi connectivity index (χ2v) is 8.22. The molecule has 1 unspecified atom stereocenters. The van der Waals surface area contributed by atoms with E-state index in [1.54, 1.807) is 12.0 Å². The maximum absolute atomic E-state index is 12.9. The number of fused-ring (bicyclic) bond motifs is 3. The second kappa shape index (κ2) is 6.13. The molecule has 0 radical (unpaired) electrons. The highest BCUT2D eigenvalue weighted by molar-refractivity contribution is 9.11. The van der Waals surface area contributed by atoms with E-state index in [4.69, 9.17) is 4.74 Å². The number of thioether (sulfide) groups is 1. The van der Waals surface area contributed by atoms with Crippen molar-refractivity contribution >= 4 is 67.0 Å². The molecule has 4 nitrogen and oxygen atoms in total.